The number of carbonyl (C=O) groups excluding carboxylic acids is 2. The molecular weight excluding hydrogens is 330 g/mol. The van der Waals surface area contributed by atoms with Gasteiger partial charge in [-0.3, -0.25) is 25.1 Å². The monoisotopic (exact) mass is 345 g/mol. The summed E-state index contributed by atoms with van der Waals surface area (Å²) in [4.78, 5) is 27.0. The molecule has 7 nitrogen and oxygen atoms in total. The van der Waals surface area contributed by atoms with Gasteiger partial charge in [-0.05, 0) is 44.2 Å². The normalized spacial score (nSPS) is 10.8. The molecular formula is C16H16ClN5O2. The number of aromatic amines is 1. The minimum absolute atomic E-state index is 0.0300. The largest absolute Gasteiger partial charge is 0.350 e. The maximum atomic E-state index is 12.1. The molecule has 8 heteroatoms. The molecule has 0 saturated carbocycles. The van der Waals surface area contributed by atoms with Crippen molar-refractivity contribution in [3.05, 3.63) is 52.4 Å². The highest BCUT2D eigenvalue weighted by molar-refractivity contribution is 6.31. The number of hydrogen-bond acceptors (Lipinski definition) is 3. The van der Waals surface area contributed by atoms with E-state index >= 15 is 0 Å². The van der Waals surface area contributed by atoms with E-state index in [-0.39, 0.29) is 12.5 Å². The highest BCUT2D eigenvalue weighted by Crippen LogP contribution is 2.19. The van der Waals surface area contributed by atoms with Crippen LogP contribution in [0.1, 0.15) is 21.9 Å². The lowest BCUT2D eigenvalue weighted by atomic mass is 10.2. The summed E-state index contributed by atoms with van der Waals surface area (Å²) in [6, 6.07) is 8.82. The zero-order valence-corrected chi connectivity index (χ0v) is 13.9. The van der Waals surface area contributed by atoms with E-state index in [1.54, 1.807) is 28.9 Å². The second kappa shape index (κ2) is 6.37. The van der Waals surface area contributed by atoms with Crippen LogP contribution < -0.4 is 10.9 Å². The highest BCUT2D eigenvalue weighted by Gasteiger charge is 2.12. The molecule has 124 valence electrons. The van der Waals surface area contributed by atoms with Gasteiger partial charge >= 0.3 is 0 Å². The second-order valence-electron chi connectivity index (χ2n) is 5.50. The standard InChI is InChI=1S/C16H16ClN5O2/c1-9-5-10(2)22(21-9)8-15(23)19-20-16(24)14-7-11-6-12(17)3-4-13(11)18-14/h3-7,18H,8H2,1-2H3,(H,19,23)(H,20,24). The molecule has 0 radical (unpaired) electrons. The molecule has 0 unspecified atom stereocenters. The topological polar surface area (TPSA) is 91.8 Å². The van der Waals surface area contributed by atoms with Crippen LogP contribution in [0.25, 0.3) is 10.9 Å². The number of halogens is 1. The third-order valence-corrected chi connectivity index (χ3v) is 3.77. The molecule has 0 fully saturated rings. The Morgan fingerprint density at radius 3 is 2.71 bits per heavy atom. The van der Waals surface area contributed by atoms with Crippen molar-refractivity contribution in [1.29, 1.82) is 0 Å². The summed E-state index contributed by atoms with van der Waals surface area (Å²) in [6.07, 6.45) is 0. The van der Waals surface area contributed by atoms with Crippen molar-refractivity contribution in [2.24, 2.45) is 0 Å². The number of amides is 2. The number of nitrogens with zero attached hydrogens (tertiary/aromatic N) is 2. The van der Waals surface area contributed by atoms with E-state index in [4.69, 9.17) is 11.6 Å². The molecule has 3 aromatic rings. The lowest BCUT2D eigenvalue weighted by Crippen LogP contribution is -2.43. The Kier molecular flexibility index (Phi) is 4.26. The van der Waals surface area contributed by atoms with Crippen LogP contribution in [0.2, 0.25) is 5.02 Å². The van der Waals surface area contributed by atoms with E-state index in [9.17, 15) is 9.59 Å². The number of aromatic nitrogens is 3. The molecule has 2 aromatic heterocycles. The van der Waals surface area contributed by atoms with E-state index in [2.05, 4.69) is 20.9 Å². The average molecular weight is 346 g/mol. The van der Waals surface area contributed by atoms with Crippen LogP contribution in [0.5, 0.6) is 0 Å². The summed E-state index contributed by atoms with van der Waals surface area (Å²) < 4.78 is 1.57. The highest BCUT2D eigenvalue weighted by atomic mass is 35.5. The number of rotatable bonds is 3. The van der Waals surface area contributed by atoms with Gasteiger partial charge in [0.1, 0.15) is 12.2 Å². The fraction of sp³-hybridized carbons (Fsp3) is 0.188. The molecule has 2 heterocycles. The van der Waals surface area contributed by atoms with Crippen molar-refractivity contribution >= 4 is 34.3 Å². The Bertz CT molecular complexity index is 928. The SMILES string of the molecule is Cc1cc(C)n(CC(=O)NNC(=O)c2cc3cc(Cl)ccc3[nH]2)n1. The van der Waals surface area contributed by atoms with E-state index in [0.29, 0.717) is 10.7 Å². The average Bonchev–Trinajstić information content (AvgIpc) is 3.07. The van der Waals surface area contributed by atoms with Gasteiger partial charge < -0.3 is 4.98 Å². The van der Waals surface area contributed by atoms with Gasteiger partial charge in [-0.1, -0.05) is 11.6 Å². The van der Waals surface area contributed by atoms with E-state index in [1.807, 2.05) is 19.9 Å². The molecule has 3 rings (SSSR count). The van der Waals surface area contributed by atoms with Gasteiger partial charge in [0.05, 0.1) is 5.69 Å². The number of hydrazine groups is 1. The first-order valence-corrected chi connectivity index (χ1v) is 7.68. The van der Waals surface area contributed by atoms with Crippen LogP contribution in [-0.2, 0) is 11.3 Å². The molecule has 0 saturated heterocycles. The number of hydrogen-bond donors (Lipinski definition) is 3. The molecule has 24 heavy (non-hydrogen) atoms. The Hall–Kier alpha value is -2.80. The molecule has 3 N–H and O–H groups in total. The minimum Gasteiger partial charge on any atom is -0.350 e. The van der Waals surface area contributed by atoms with E-state index in [1.165, 1.54) is 0 Å². The first-order chi connectivity index (χ1) is 11.4. The third kappa shape index (κ3) is 3.41. The van der Waals surface area contributed by atoms with Gasteiger partial charge in [0.25, 0.3) is 11.8 Å². The number of benzene rings is 1. The zero-order chi connectivity index (χ0) is 17.3. The van der Waals surface area contributed by atoms with Gasteiger partial charge in [-0.2, -0.15) is 5.10 Å². The van der Waals surface area contributed by atoms with Gasteiger partial charge in [-0.15, -0.1) is 0 Å². The summed E-state index contributed by atoms with van der Waals surface area (Å²) in [6.45, 7) is 3.75. The van der Waals surface area contributed by atoms with Crippen LogP contribution in [-0.4, -0.2) is 26.6 Å². The van der Waals surface area contributed by atoms with E-state index < -0.39 is 5.91 Å². The minimum atomic E-state index is -0.441. The molecule has 0 aliphatic heterocycles. The van der Waals surface area contributed by atoms with Crippen molar-refractivity contribution in [2.45, 2.75) is 20.4 Å². The van der Waals surface area contributed by atoms with Crippen LogP contribution in [0.3, 0.4) is 0 Å². The predicted octanol–water partition coefficient (Wildman–Crippen LogP) is 2.10. The summed E-state index contributed by atoms with van der Waals surface area (Å²) in [7, 11) is 0. The summed E-state index contributed by atoms with van der Waals surface area (Å²) in [5.74, 6) is -0.808. The summed E-state index contributed by atoms with van der Waals surface area (Å²) in [5, 5.41) is 5.61. The van der Waals surface area contributed by atoms with Gasteiger partial charge in [0.2, 0.25) is 0 Å². The number of aryl methyl sites for hydroxylation is 2. The third-order valence-electron chi connectivity index (χ3n) is 3.54. The molecule has 0 spiro atoms. The summed E-state index contributed by atoms with van der Waals surface area (Å²) in [5.41, 5.74) is 7.59. The maximum Gasteiger partial charge on any atom is 0.286 e. The number of nitrogens with one attached hydrogen (secondary N) is 3. The predicted molar refractivity (Wildman–Crippen MR) is 90.6 cm³/mol. The Morgan fingerprint density at radius 1 is 1.21 bits per heavy atom. The number of fused-ring (bicyclic) bond motifs is 1. The van der Waals surface area contributed by atoms with Crippen molar-refractivity contribution < 1.29 is 9.59 Å². The first-order valence-electron chi connectivity index (χ1n) is 7.31. The molecule has 1 aromatic carbocycles. The van der Waals surface area contributed by atoms with Crippen LogP contribution in [0.4, 0.5) is 0 Å². The Labute approximate surface area is 143 Å². The quantitative estimate of drug-likeness (QED) is 0.635. The lowest BCUT2D eigenvalue weighted by molar-refractivity contribution is -0.122. The number of carbonyl (C=O) groups is 2. The summed E-state index contributed by atoms with van der Waals surface area (Å²) >= 11 is 5.92. The van der Waals surface area contributed by atoms with Crippen molar-refractivity contribution in [1.82, 2.24) is 25.6 Å². The van der Waals surface area contributed by atoms with Crippen LogP contribution >= 0.6 is 11.6 Å². The fourth-order valence-electron chi connectivity index (χ4n) is 2.43. The molecule has 0 atom stereocenters. The van der Waals surface area contributed by atoms with Crippen LogP contribution in [0, 0.1) is 13.8 Å². The van der Waals surface area contributed by atoms with Gasteiger partial charge in [0, 0.05) is 21.6 Å². The van der Waals surface area contributed by atoms with Crippen molar-refractivity contribution in [3.63, 3.8) is 0 Å². The van der Waals surface area contributed by atoms with Gasteiger partial charge in [-0.25, -0.2) is 0 Å². The van der Waals surface area contributed by atoms with Gasteiger partial charge in [0.15, 0.2) is 0 Å². The smallest absolute Gasteiger partial charge is 0.286 e. The first kappa shape index (κ1) is 16.1. The van der Waals surface area contributed by atoms with Crippen molar-refractivity contribution in [2.75, 3.05) is 0 Å². The molecule has 2 amide bonds. The fourth-order valence-corrected chi connectivity index (χ4v) is 2.61. The van der Waals surface area contributed by atoms with Crippen LogP contribution in [0.15, 0.2) is 30.3 Å². The Balaban J connectivity index is 1.61. The lowest BCUT2D eigenvalue weighted by Gasteiger charge is -2.07. The zero-order valence-electron chi connectivity index (χ0n) is 13.2. The molecule has 0 bridgehead atoms. The van der Waals surface area contributed by atoms with E-state index in [0.717, 1.165) is 22.3 Å². The Morgan fingerprint density at radius 2 is 2.00 bits per heavy atom. The maximum absolute atomic E-state index is 12.1. The second-order valence-corrected chi connectivity index (χ2v) is 5.94. The molecule has 0 aliphatic carbocycles. The molecule has 0 aliphatic rings. The van der Waals surface area contributed by atoms with Crippen molar-refractivity contribution in [3.8, 4) is 0 Å². The number of H-pyrrole nitrogens is 1.